The molecule has 9 heteroatoms. The molecule has 4 rings (SSSR count). The number of anilines is 1. The van der Waals surface area contributed by atoms with Gasteiger partial charge in [-0.15, -0.1) is 0 Å². The third-order valence-electron chi connectivity index (χ3n) is 4.79. The lowest BCUT2D eigenvalue weighted by atomic mass is 10.2. The molecule has 0 saturated heterocycles. The molecule has 1 N–H and O–H groups in total. The average Bonchev–Trinajstić information content (AvgIpc) is 2.82. The second-order valence-corrected chi connectivity index (χ2v) is 8.15. The minimum absolute atomic E-state index is 0.107. The molecule has 2 aromatic heterocycles. The van der Waals surface area contributed by atoms with E-state index >= 15 is 0 Å². The lowest BCUT2D eigenvalue weighted by Gasteiger charge is -2.18. The van der Waals surface area contributed by atoms with E-state index in [9.17, 15) is 14.0 Å². The Morgan fingerprint density at radius 1 is 1.09 bits per heavy atom. The third kappa shape index (κ3) is 4.67. The fraction of sp³-hybridized carbons (Fsp3) is 0.174. The summed E-state index contributed by atoms with van der Waals surface area (Å²) in [6, 6.07) is 15.5. The van der Waals surface area contributed by atoms with Gasteiger partial charge >= 0.3 is 0 Å². The first-order valence-electron chi connectivity index (χ1n) is 10.0. The first-order chi connectivity index (χ1) is 15.6. The van der Waals surface area contributed by atoms with Crippen LogP contribution in [0.25, 0.3) is 11.2 Å². The van der Waals surface area contributed by atoms with Crippen LogP contribution in [0.3, 0.4) is 0 Å². The number of amides is 1. The number of halogens is 1. The quantitative estimate of drug-likeness (QED) is 0.340. The van der Waals surface area contributed by atoms with Crippen molar-refractivity contribution < 1.29 is 9.18 Å². The Kier molecular flexibility index (Phi) is 6.55. The highest BCUT2D eigenvalue weighted by atomic mass is 32.2. The summed E-state index contributed by atoms with van der Waals surface area (Å²) in [4.78, 5) is 38.9. The topological polar surface area (TPSA) is 89.8 Å². The first kappa shape index (κ1) is 21.6. The smallest absolute Gasteiger partial charge is 0.282 e. The maximum absolute atomic E-state index is 14.0. The molecular weight excluding hydrogens is 429 g/mol. The monoisotopic (exact) mass is 449 g/mol. The summed E-state index contributed by atoms with van der Waals surface area (Å²) in [5, 5.41) is 2.37. The molecule has 7 nitrogen and oxygen atoms in total. The van der Waals surface area contributed by atoms with Crippen molar-refractivity contribution in [2.24, 2.45) is 0 Å². The Hall–Kier alpha value is -3.59. The number of nitrogens with one attached hydrogen (secondary N) is 1. The fourth-order valence-electron chi connectivity index (χ4n) is 3.15. The number of hydrogen-bond donors (Lipinski definition) is 1. The van der Waals surface area contributed by atoms with Crippen molar-refractivity contribution in [1.29, 1.82) is 0 Å². The van der Waals surface area contributed by atoms with Gasteiger partial charge in [-0.1, -0.05) is 61.2 Å². The van der Waals surface area contributed by atoms with Gasteiger partial charge in [-0.3, -0.25) is 14.2 Å². The van der Waals surface area contributed by atoms with Crippen molar-refractivity contribution in [3.63, 3.8) is 0 Å². The largest absolute Gasteiger partial charge is 0.323 e. The van der Waals surface area contributed by atoms with Crippen molar-refractivity contribution in [3.8, 4) is 0 Å². The molecule has 1 unspecified atom stereocenters. The number of benzene rings is 2. The van der Waals surface area contributed by atoms with Gasteiger partial charge in [0.1, 0.15) is 5.82 Å². The molecule has 2 heterocycles. The predicted molar refractivity (Wildman–Crippen MR) is 122 cm³/mol. The van der Waals surface area contributed by atoms with Crippen molar-refractivity contribution in [2.75, 3.05) is 5.32 Å². The molecule has 4 aromatic rings. The van der Waals surface area contributed by atoms with Crippen LogP contribution in [-0.2, 0) is 11.3 Å². The van der Waals surface area contributed by atoms with E-state index in [1.165, 1.54) is 29.1 Å². The van der Waals surface area contributed by atoms with Gasteiger partial charge in [0.05, 0.1) is 17.5 Å². The number of nitrogens with zero attached hydrogens (tertiary/aromatic N) is 4. The molecule has 0 bridgehead atoms. The van der Waals surface area contributed by atoms with Crippen LogP contribution in [0.1, 0.15) is 18.9 Å². The summed E-state index contributed by atoms with van der Waals surface area (Å²) in [5.74, 6) is -0.886. The van der Waals surface area contributed by atoms with Crippen LogP contribution in [0.5, 0.6) is 0 Å². The molecule has 0 saturated carbocycles. The van der Waals surface area contributed by atoms with Crippen LogP contribution in [0.4, 0.5) is 10.1 Å². The normalized spacial score (nSPS) is 11.9. The van der Waals surface area contributed by atoms with E-state index in [4.69, 9.17) is 0 Å². The molecule has 0 aliphatic carbocycles. The van der Waals surface area contributed by atoms with Gasteiger partial charge < -0.3 is 5.32 Å². The number of thioether (sulfide) groups is 1. The standard InChI is InChI=1S/C23H20FN5O2S/c1-2-18(21(30)27-17-11-7-6-10-16(17)24)32-23-28-20-19(25-12-13-26-20)22(31)29(23)14-15-8-4-3-5-9-15/h3-13,18H,2,14H2,1H3,(H,27,30). The van der Waals surface area contributed by atoms with Crippen LogP contribution in [0, 0.1) is 5.82 Å². The van der Waals surface area contributed by atoms with Crippen LogP contribution >= 0.6 is 11.8 Å². The molecule has 0 spiro atoms. The van der Waals surface area contributed by atoms with Gasteiger partial charge in [0.25, 0.3) is 5.56 Å². The number of fused-ring (bicyclic) bond motifs is 1. The highest BCUT2D eigenvalue weighted by Crippen LogP contribution is 2.26. The predicted octanol–water partition coefficient (Wildman–Crippen LogP) is 3.88. The highest BCUT2D eigenvalue weighted by molar-refractivity contribution is 8.00. The summed E-state index contributed by atoms with van der Waals surface area (Å²) in [6.07, 6.45) is 3.36. The third-order valence-corrected chi connectivity index (χ3v) is 6.14. The zero-order chi connectivity index (χ0) is 22.5. The zero-order valence-corrected chi connectivity index (χ0v) is 18.1. The number of hydrogen-bond acceptors (Lipinski definition) is 6. The Morgan fingerprint density at radius 2 is 1.81 bits per heavy atom. The van der Waals surface area contributed by atoms with Gasteiger partial charge in [0.2, 0.25) is 5.91 Å². The molecule has 1 amide bonds. The number of rotatable bonds is 7. The minimum atomic E-state index is -0.599. The average molecular weight is 450 g/mol. The van der Waals surface area contributed by atoms with Gasteiger partial charge in [-0.2, -0.15) is 0 Å². The number of para-hydroxylation sites is 1. The zero-order valence-electron chi connectivity index (χ0n) is 17.2. The van der Waals surface area contributed by atoms with E-state index < -0.39 is 11.1 Å². The van der Waals surface area contributed by atoms with E-state index in [0.717, 1.165) is 17.3 Å². The molecule has 0 aliphatic rings. The molecule has 0 radical (unpaired) electrons. The lowest BCUT2D eigenvalue weighted by Crippen LogP contribution is -2.29. The van der Waals surface area contributed by atoms with Gasteiger partial charge in [-0.25, -0.2) is 19.3 Å². The van der Waals surface area contributed by atoms with E-state index in [1.54, 1.807) is 12.1 Å². The molecule has 0 aliphatic heterocycles. The summed E-state index contributed by atoms with van der Waals surface area (Å²) in [5.41, 5.74) is 1.06. The Morgan fingerprint density at radius 3 is 2.56 bits per heavy atom. The minimum Gasteiger partial charge on any atom is -0.323 e. The van der Waals surface area contributed by atoms with Crippen LogP contribution < -0.4 is 10.9 Å². The van der Waals surface area contributed by atoms with Crippen molar-refractivity contribution in [3.05, 3.63) is 88.7 Å². The van der Waals surface area contributed by atoms with Gasteiger partial charge in [0.15, 0.2) is 16.3 Å². The molecule has 162 valence electrons. The van der Waals surface area contributed by atoms with Gasteiger partial charge in [0, 0.05) is 12.4 Å². The number of carbonyl (C=O) groups excluding carboxylic acids is 1. The van der Waals surface area contributed by atoms with Crippen molar-refractivity contribution in [1.82, 2.24) is 19.5 Å². The Balaban J connectivity index is 1.70. The molecular formula is C23H20FN5O2S. The maximum atomic E-state index is 14.0. The molecule has 1 atom stereocenters. The van der Waals surface area contributed by atoms with Crippen LogP contribution in [0.2, 0.25) is 0 Å². The Labute approximate surface area is 187 Å². The van der Waals surface area contributed by atoms with Crippen LogP contribution in [-0.4, -0.2) is 30.7 Å². The first-order valence-corrected chi connectivity index (χ1v) is 10.9. The number of aromatic nitrogens is 4. The van der Waals surface area contributed by atoms with E-state index in [1.807, 2.05) is 37.3 Å². The lowest BCUT2D eigenvalue weighted by molar-refractivity contribution is -0.115. The highest BCUT2D eigenvalue weighted by Gasteiger charge is 2.23. The van der Waals surface area contributed by atoms with Crippen LogP contribution in [0.15, 0.2) is 76.9 Å². The second kappa shape index (κ2) is 9.69. The summed E-state index contributed by atoms with van der Waals surface area (Å²) in [6.45, 7) is 2.12. The van der Waals surface area contributed by atoms with E-state index in [2.05, 4.69) is 20.3 Å². The molecule has 2 aromatic carbocycles. The summed E-state index contributed by atoms with van der Waals surface area (Å²) >= 11 is 1.15. The fourth-order valence-corrected chi connectivity index (χ4v) is 4.15. The van der Waals surface area contributed by atoms with E-state index in [0.29, 0.717) is 11.6 Å². The van der Waals surface area contributed by atoms with Crippen molar-refractivity contribution in [2.45, 2.75) is 30.3 Å². The molecule has 32 heavy (non-hydrogen) atoms. The second-order valence-electron chi connectivity index (χ2n) is 6.98. The van der Waals surface area contributed by atoms with Gasteiger partial charge in [-0.05, 0) is 24.1 Å². The number of carbonyl (C=O) groups is 1. The SMILES string of the molecule is CCC(Sc1nc2nccnc2c(=O)n1Cc1ccccc1)C(=O)Nc1ccccc1F. The van der Waals surface area contributed by atoms with Crippen molar-refractivity contribution >= 4 is 34.5 Å². The maximum Gasteiger partial charge on any atom is 0.282 e. The molecule has 0 fully saturated rings. The summed E-state index contributed by atoms with van der Waals surface area (Å²) < 4.78 is 15.5. The summed E-state index contributed by atoms with van der Waals surface area (Å²) in [7, 11) is 0. The Bertz CT molecular complexity index is 1310. The van der Waals surface area contributed by atoms with E-state index in [-0.39, 0.29) is 34.9 Å².